The lowest BCUT2D eigenvalue weighted by Gasteiger charge is -2.02. The van der Waals surface area contributed by atoms with Crippen LogP contribution in [0.5, 0.6) is 0 Å². The van der Waals surface area contributed by atoms with Gasteiger partial charge in [0.1, 0.15) is 0 Å². The van der Waals surface area contributed by atoms with Crippen LogP contribution in [0.25, 0.3) is 11.3 Å². The number of halogens is 2. The summed E-state index contributed by atoms with van der Waals surface area (Å²) in [6.45, 7) is 0. The zero-order chi connectivity index (χ0) is 9.97. The summed E-state index contributed by atoms with van der Waals surface area (Å²) in [6.07, 6.45) is 1.71. The first-order chi connectivity index (χ1) is 6.77. The van der Waals surface area contributed by atoms with E-state index in [2.05, 4.69) is 20.9 Å². The van der Waals surface area contributed by atoms with E-state index in [1.807, 2.05) is 30.3 Å². The van der Waals surface area contributed by atoms with E-state index in [1.165, 1.54) is 0 Å². The number of hydrogen-bond acceptors (Lipinski definition) is 1. The number of pyridine rings is 1. The predicted octanol–water partition coefficient (Wildman–Crippen LogP) is 4.16. The molecule has 3 heteroatoms. The van der Waals surface area contributed by atoms with Gasteiger partial charge in [0.25, 0.3) is 0 Å². The van der Waals surface area contributed by atoms with Gasteiger partial charge in [-0.1, -0.05) is 45.7 Å². The summed E-state index contributed by atoms with van der Waals surface area (Å²) < 4.78 is 1.02. The Kier molecular flexibility index (Phi) is 2.85. The van der Waals surface area contributed by atoms with Crippen molar-refractivity contribution in [3.05, 3.63) is 52.1 Å². The van der Waals surface area contributed by atoms with Crippen molar-refractivity contribution in [1.29, 1.82) is 0 Å². The molecule has 0 saturated heterocycles. The van der Waals surface area contributed by atoms with Gasteiger partial charge in [-0.25, -0.2) is 0 Å². The first-order valence-corrected chi connectivity index (χ1v) is 5.31. The van der Waals surface area contributed by atoms with Crippen LogP contribution in [-0.4, -0.2) is 4.98 Å². The molecule has 1 aromatic heterocycles. The molecule has 0 unspecified atom stereocenters. The highest BCUT2D eigenvalue weighted by molar-refractivity contribution is 9.10. The van der Waals surface area contributed by atoms with Gasteiger partial charge in [0.05, 0.1) is 5.69 Å². The molecule has 70 valence electrons. The van der Waals surface area contributed by atoms with Gasteiger partial charge in [-0.2, -0.15) is 0 Å². The number of nitrogens with zero attached hydrogens (tertiary/aromatic N) is 1. The Morgan fingerprint density at radius 1 is 1.14 bits per heavy atom. The maximum atomic E-state index is 5.89. The summed E-state index contributed by atoms with van der Waals surface area (Å²) in [6, 6.07) is 11.5. The smallest absolute Gasteiger partial charge is 0.0728 e. The van der Waals surface area contributed by atoms with E-state index < -0.39 is 0 Å². The van der Waals surface area contributed by atoms with Gasteiger partial charge in [-0.05, 0) is 18.2 Å². The maximum Gasteiger partial charge on any atom is 0.0728 e. The van der Waals surface area contributed by atoms with E-state index in [1.54, 1.807) is 12.3 Å². The van der Waals surface area contributed by atoms with Crippen molar-refractivity contribution >= 4 is 27.5 Å². The Morgan fingerprint density at radius 3 is 2.64 bits per heavy atom. The summed E-state index contributed by atoms with van der Waals surface area (Å²) in [5.74, 6) is 0. The van der Waals surface area contributed by atoms with Crippen LogP contribution in [0.1, 0.15) is 0 Å². The average Bonchev–Trinajstić information content (AvgIpc) is 2.18. The molecule has 0 atom stereocenters. The molecule has 0 amide bonds. The topological polar surface area (TPSA) is 12.9 Å². The zero-order valence-corrected chi connectivity index (χ0v) is 9.59. The van der Waals surface area contributed by atoms with Gasteiger partial charge in [0, 0.05) is 21.3 Å². The highest BCUT2D eigenvalue weighted by Gasteiger charge is 2.03. The Morgan fingerprint density at radius 2 is 1.93 bits per heavy atom. The fourth-order valence-electron chi connectivity index (χ4n) is 1.22. The van der Waals surface area contributed by atoms with E-state index in [4.69, 9.17) is 11.6 Å². The van der Waals surface area contributed by atoms with E-state index in [9.17, 15) is 0 Å². The van der Waals surface area contributed by atoms with Gasteiger partial charge in [-0.15, -0.1) is 0 Å². The minimum Gasteiger partial charge on any atom is -0.256 e. The first-order valence-electron chi connectivity index (χ1n) is 4.14. The maximum absolute atomic E-state index is 5.89. The quantitative estimate of drug-likeness (QED) is 0.756. The molecule has 0 aliphatic carbocycles. The second-order valence-electron chi connectivity index (χ2n) is 2.84. The molecule has 0 saturated carbocycles. The van der Waals surface area contributed by atoms with Crippen molar-refractivity contribution in [2.75, 3.05) is 0 Å². The second-order valence-corrected chi connectivity index (χ2v) is 4.13. The van der Waals surface area contributed by atoms with Crippen LogP contribution in [0.4, 0.5) is 0 Å². The lowest BCUT2D eigenvalue weighted by molar-refractivity contribution is 1.32. The largest absolute Gasteiger partial charge is 0.256 e. The van der Waals surface area contributed by atoms with Crippen LogP contribution in [0, 0.1) is 0 Å². The molecule has 0 aliphatic rings. The molecule has 0 radical (unpaired) electrons. The molecule has 0 fully saturated rings. The van der Waals surface area contributed by atoms with Crippen LogP contribution in [-0.2, 0) is 0 Å². The summed E-state index contributed by atoms with van der Waals surface area (Å²) >= 11 is 9.37. The lowest BCUT2D eigenvalue weighted by atomic mass is 10.1. The van der Waals surface area contributed by atoms with Crippen molar-refractivity contribution in [3.8, 4) is 11.3 Å². The van der Waals surface area contributed by atoms with Crippen LogP contribution in [0.2, 0.25) is 5.02 Å². The molecule has 0 N–H and O–H groups in total. The second kappa shape index (κ2) is 4.11. The summed E-state index contributed by atoms with van der Waals surface area (Å²) in [4.78, 5) is 4.26. The van der Waals surface area contributed by atoms with E-state index >= 15 is 0 Å². The molecular formula is C11H7BrClN. The zero-order valence-electron chi connectivity index (χ0n) is 7.24. The number of hydrogen-bond donors (Lipinski definition) is 0. The normalized spacial score (nSPS) is 10.1. The van der Waals surface area contributed by atoms with Crippen LogP contribution in [0.3, 0.4) is 0 Å². The van der Waals surface area contributed by atoms with Gasteiger partial charge in [0.2, 0.25) is 0 Å². The highest BCUT2D eigenvalue weighted by Crippen LogP contribution is 2.27. The fourth-order valence-corrected chi connectivity index (χ4v) is 1.87. The van der Waals surface area contributed by atoms with E-state index in [0.29, 0.717) is 5.02 Å². The van der Waals surface area contributed by atoms with Gasteiger partial charge in [0.15, 0.2) is 0 Å². The number of benzene rings is 1. The van der Waals surface area contributed by atoms with Crippen molar-refractivity contribution in [2.45, 2.75) is 0 Å². The van der Waals surface area contributed by atoms with Crippen LogP contribution < -0.4 is 0 Å². The minimum atomic E-state index is 0.700. The Labute approximate surface area is 95.9 Å². The molecule has 14 heavy (non-hydrogen) atoms. The number of aromatic nitrogens is 1. The fraction of sp³-hybridized carbons (Fsp3) is 0. The van der Waals surface area contributed by atoms with Crippen molar-refractivity contribution < 1.29 is 0 Å². The van der Waals surface area contributed by atoms with Gasteiger partial charge >= 0.3 is 0 Å². The molecule has 0 aliphatic heterocycles. The van der Waals surface area contributed by atoms with E-state index in [0.717, 1.165) is 15.7 Å². The molecule has 1 aromatic carbocycles. The monoisotopic (exact) mass is 267 g/mol. The van der Waals surface area contributed by atoms with E-state index in [-0.39, 0.29) is 0 Å². The Balaban J connectivity index is 2.55. The summed E-state index contributed by atoms with van der Waals surface area (Å²) in [5, 5.41) is 0.700. The molecular weight excluding hydrogens is 261 g/mol. The predicted molar refractivity (Wildman–Crippen MR) is 62.4 cm³/mol. The summed E-state index contributed by atoms with van der Waals surface area (Å²) in [5.41, 5.74) is 1.93. The van der Waals surface area contributed by atoms with Crippen molar-refractivity contribution in [2.24, 2.45) is 0 Å². The third kappa shape index (κ3) is 1.97. The van der Waals surface area contributed by atoms with Crippen molar-refractivity contribution in [1.82, 2.24) is 4.98 Å². The van der Waals surface area contributed by atoms with Gasteiger partial charge < -0.3 is 0 Å². The third-order valence-electron chi connectivity index (χ3n) is 1.87. The van der Waals surface area contributed by atoms with Gasteiger partial charge in [-0.3, -0.25) is 4.98 Å². The first kappa shape index (κ1) is 9.69. The molecule has 2 rings (SSSR count). The molecule has 2 aromatic rings. The van der Waals surface area contributed by atoms with Crippen molar-refractivity contribution in [3.63, 3.8) is 0 Å². The standard InChI is InChI=1S/C11H7BrClN/c12-10-4-2-1-3-9(10)11-7-8(13)5-6-14-11/h1-7H. The molecule has 0 spiro atoms. The summed E-state index contributed by atoms with van der Waals surface area (Å²) in [7, 11) is 0. The lowest BCUT2D eigenvalue weighted by Crippen LogP contribution is -1.83. The van der Waals surface area contributed by atoms with Crippen LogP contribution in [0.15, 0.2) is 47.1 Å². The Hall–Kier alpha value is -0.860. The van der Waals surface area contributed by atoms with Crippen LogP contribution >= 0.6 is 27.5 Å². The number of rotatable bonds is 1. The Bertz CT molecular complexity index is 457. The molecule has 1 nitrogen and oxygen atoms in total. The minimum absolute atomic E-state index is 0.700. The SMILES string of the molecule is Clc1ccnc(-c2ccccc2Br)c1. The highest BCUT2D eigenvalue weighted by atomic mass is 79.9. The average molecular weight is 269 g/mol. The molecule has 0 bridgehead atoms. The molecule has 1 heterocycles. The third-order valence-corrected chi connectivity index (χ3v) is 2.80.